The van der Waals surface area contributed by atoms with E-state index in [0.29, 0.717) is 11.5 Å². The molecule has 0 saturated heterocycles. The number of nitrogens with zero attached hydrogens (tertiary/aromatic N) is 3. The van der Waals surface area contributed by atoms with Gasteiger partial charge in [-0.2, -0.15) is 13.8 Å². The molecule has 0 aliphatic carbocycles. The Morgan fingerprint density at radius 1 is 0.933 bits per heavy atom. The lowest BCUT2D eigenvalue weighted by molar-refractivity contribution is -0.0494. The maximum absolute atomic E-state index is 12.7. The predicted molar refractivity (Wildman–Crippen MR) is 106 cm³/mol. The zero-order chi connectivity index (χ0) is 20.8. The summed E-state index contributed by atoms with van der Waals surface area (Å²) in [5.74, 6) is 0.481. The van der Waals surface area contributed by atoms with Crippen molar-refractivity contribution < 1.29 is 18.0 Å². The van der Waals surface area contributed by atoms with E-state index in [9.17, 15) is 8.78 Å². The summed E-state index contributed by atoms with van der Waals surface area (Å²) in [4.78, 5) is 8.77. The lowest BCUT2D eigenvalue weighted by Crippen LogP contribution is -2.23. The van der Waals surface area contributed by atoms with Crippen LogP contribution >= 0.6 is 0 Å². The van der Waals surface area contributed by atoms with E-state index in [4.69, 9.17) is 4.52 Å². The number of alkyl halides is 2. The lowest BCUT2D eigenvalue weighted by atomic mass is 10.0. The Balaban J connectivity index is 1.53. The molecule has 1 unspecified atom stereocenters. The van der Waals surface area contributed by atoms with Gasteiger partial charge in [-0.1, -0.05) is 53.7 Å². The van der Waals surface area contributed by atoms with E-state index in [-0.39, 0.29) is 24.2 Å². The molecule has 0 fully saturated rings. The quantitative estimate of drug-likeness (QED) is 0.459. The van der Waals surface area contributed by atoms with Gasteiger partial charge in [0.05, 0.1) is 23.8 Å². The SMILES string of the molecule is FC(F)Oc1ccccc1-c1noc(CNC(c2ccccc2)c2ccccn2)n1. The van der Waals surface area contributed by atoms with Gasteiger partial charge in [0.15, 0.2) is 0 Å². The average Bonchev–Trinajstić information content (AvgIpc) is 3.24. The third kappa shape index (κ3) is 4.66. The first-order valence-electron chi connectivity index (χ1n) is 9.27. The van der Waals surface area contributed by atoms with Gasteiger partial charge in [-0.15, -0.1) is 0 Å². The average molecular weight is 408 g/mol. The van der Waals surface area contributed by atoms with E-state index < -0.39 is 6.61 Å². The zero-order valence-corrected chi connectivity index (χ0v) is 15.8. The fourth-order valence-corrected chi connectivity index (χ4v) is 3.06. The zero-order valence-electron chi connectivity index (χ0n) is 15.8. The van der Waals surface area contributed by atoms with Crippen LogP contribution in [0.15, 0.2) is 83.5 Å². The summed E-state index contributed by atoms with van der Waals surface area (Å²) in [6.45, 7) is -2.68. The normalized spacial score (nSPS) is 12.1. The van der Waals surface area contributed by atoms with Crippen LogP contribution in [-0.2, 0) is 6.54 Å². The van der Waals surface area contributed by atoms with Crippen LogP contribution < -0.4 is 10.1 Å². The van der Waals surface area contributed by atoms with Gasteiger partial charge in [0.25, 0.3) is 0 Å². The van der Waals surface area contributed by atoms with Gasteiger partial charge in [0.2, 0.25) is 11.7 Å². The highest BCUT2D eigenvalue weighted by Crippen LogP contribution is 2.29. The third-order valence-electron chi connectivity index (χ3n) is 4.39. The Morgan fingerprint density at radius 3 is 2.47 bits per heavy atom. The van der Waals surface area contributed by atoms with Crippen molar-refractivity contribution in [2.45, 2.75) is 19.2 Å². The Labute approximate surface area is 171 Å². The number of rotatable bonds is 8. The van der Waals surface area contributed by atoms with Gasteiger partial charge in [-0.25, -0.2) is 0 Å². The summed E-state index contributed by atoms with van der Waals surface area (Å²) < 4.78 is 35.2. The molecule has 2 heterocycles. The predicted octanol–water partition coefficient (Wildman–Crippen LogP) is 4.61. The summed E-state index contributed by atoms with van der Waals surface area (Å²) >= 11 is 0. The van der Waals surface area contributed by atoms with Crippen LogP contribution in [0.25, 0.3) is 11.4 Å². The van der Waals surface area contributed by atoms with Crippen molar-refractivity contribution >= 4 is 0 Å². The summed E-state index contributed by atoms with van der Waals surface area (Å²) in [5.41, 5.74) is 2.21. The smallest absolute Gasteiger partial charge is 0.387 e. The highest BCUT2D eigenvalue weighted by molar-refractivity contribution is 5.63. The van der Waals surface area contributed by atoms with Gasteiger partial charge >= 0.3 is 6.61 Å². The second-order valence-corrected chi connectivity index (χ2v) is 6.37. The first kappa shape index (κ1) is 19.7. The molecular weight excluding hydrogens is 390 g/mol. The van der Waals surface area contributed by atoms with Gasteiger partial charge in [-0.05, 0) is 29.8 Å². The fraction of sp³-hybridized carbons (Fsp3) is 0.136. The largest absolute Gasteiger partial charge is 0.434 e. The Hall–Kier alpha value is -3.65. The minimum Gasteiger partial charge on any atom is -0.434 e. The maximum Gasteiger partial charge on any atom is 0.387 e. The van der Waals surface area contributed by atoms with Crippen molar-refractivity contribution in [1.29, 1.82) is 0 Å². The molecule has 4 rings (SSSR count). The van der Waals surface area contributed by atoms with Crippen molar-refractivity contribution in [3.63, 3.8) is 0 Å². The van der Waals surface area contributed by atoms with Crippen molar-refractivity contribution in [2.24, 2.45) is 0 Å². The van der Waals surface area contributed by atoms with Crippen LogP contribution in [0.1, 0.15) is 23.2 Å². The van der Waals surface area contributed by atoms with Crippen LogP contribution in [-0.4, -0.2) is 21.7 Å². The number of ether oxygens (including phenoxy) is 1. The summed E-state index contributed by atoms with van der Waals surface area (Å²) in [6, 6.07) is 21.7. The topological polar surface area (TPSA) is 73.1 Å². The van der Waals surface area contributed by atoms with E-state index in [1.54, 1.807) is 24.4 Å². The van der Waals surface area contributed by atoms with Gasteiger partial charge < -0.3 is 9.26 Å². The molecule has 152 valence electrons. The minimum absolute atomic E-state index is 0.0107. The van der Waals surface area contributed by atoms with Crippen molar-refractivity contribution in [1.82, 2.24) is 20.4 Å². The number of aromatic nitrogens is 3. The number of halogens is 2. The van der Waals surface area contributed by atoms with E-state index in [2.05, 4.69) is 25.2 Å². The summed E-state index contributed by atoms with van der Waals surface area (Å²) in [6.07, 6.45) is 1.73. The van der Waals surface area contributed by atoms with Crippen molar-refractivity contribution in [3.8, 4) is 17.1 Å². The number of para-hydroxylation sites is 1. The van der Waals surface area contributed by atoms with Gasteiger partial charge in [0.1, 0.15) is 5.75 Å². The van der Waals surface area contributed by atoms with Crippen LogP contribution in [0.5, 0.6) is 5.75 Å². The second kappa shape index (κ2) is 9.23. The molecule has 0 bridgehead atoms. The molecule has 0 radical (unpaired) electrons. The van der Waals surface area contributed by atoms with Crippen LogP contribution in [0.3, 0.4) is 0 Å². The molecule has 1 N–H and O–H groups in total. The Kier molecular flexibility index (Phi) is 6.05. The Morgan fingerprint density at radius 2 is 1.70 bits per heavy atom. The lowest BCUT2D eigenvalue weighted by Gasteiger charge is -2.17. The number of benzene rings is 2. The highest BCUT2D eigenvalue weighted by atomic mass is 19.3. The van der Waals surface area contributed by atoms with E-state index >= 15 is 0 Å². The molecule has 0 saturated carbocycles. The van der Waals surface area contributed by atoms with E-state index in [1.807, 2.05) is 48.5 Å². The monoisotopic (exact) mass is 408 g/mol. The first-order valence-corrected chi connectivity index (χ1v) is 9.27. The second-order valence-electron chi connectivity index (χ2n) is 6.37. The third-order valence-corrected chi connectivity index (χ3v) is 4.39. The molecular formula is C22H18F2N4O2. The molecule has 6 nitrogen and oxygen atoms in total. The molecule has 8 heteroatoms. The number of hydrogen-bond acceptors (Lipinski definition) is 6. The molecule has 0 spiro atoms. The maximum atomic E-state index is 12.7. The fourth-order valence-electron chi connectivity index (χ4n) is 3.06. The highest BCUT2D eigenvalue weighted by Gasteiger charge is 2.18. The van der Waals surface area contributed by atoms with Crippen molar-refractivity contribution in [2.75, 3.05) is 0 Å². The Bertz CT molecular complexity index is 1040. The molecule has 30 heavy (non-hydrogen) atoms. The number of pyridine rings is 1. The first-order chi connectivity index (χ1) is 14.7. The van der Waals surface area contributed by atoms with E-state index in [0.717, 1.165) is 11.3 Å². The molecule has 4 aromatic rings. The van der Waals surface area contributed by atoms with Gasteiger partial charge in [-0.3, -0.25) is 10.3 Å². The van der Waals surface area contributed by atoms with Crippen molar-refractivity contribution in [3.05, 3.63) is 96.1 Å². The number of nitrogens with one attached hydrogen (secondary N) is 1. The summed E-state index contributed by atoms with van der Waals surface area (Å²) in [5, 5.41) is 7.28. The van der Waals surface area contributed by atoms with E-state index in [1.165, 1.54) is 6.07 Å². The molecule has 1 atom stereocenters. The molecule has 2 aromatic heterocycles. The summed E-state index contributed by atoms with van der Waals surface area (Å²) in [7, 11) is 0. The molecule has 2 aromatic carbocycles. The standard InChI is InChI=1S/C22H18F2N4O2/c23-22(24)29-18-12-5-4-10-16(18)21-27-19(30-28-21)14-26-20(15-8-2-1-3-9-15)17-11-6-7-13-25-17/h1-13,20,22,26H,14H2. The molecule has 0 amide bonds. The van der Waals surface area contributed by atoms with Crippen LogP contribution in [0.4, 0.5) is 8.78 Å². The van der Waals surface area contributed by atoms with Crippen LogP contribution in [0, 0.1) is 0 Å². The number of hydrogen-bond donors (Lipinski definition) is 1. The van der Waals surface area contributed by atoms with Crippen LogP contribution in [0.2, 0.25) is 0 Å². The molecule has 0 aliphatic rings. The van der Waals surface area contributed by atoms with Gasteiger partial charge in [0, 0.05) is 6.20 Å². The molecule has 0 aliphatic heterocycles. The minimum atomic E-state index is -2.94.